The zero-order chi connectivity index (χ0) is 17.5. The summed E-state index contributed by atoms with van der Waals surface area (Å²) in [6.45, 7) is 3.55. The molecular formula is C17H20F3N3O. The van der Waals surface area contributed by atoms with E-state index in [1.165, 1.54) is 6.07 Å². The summed E-state index contributed by atoms with van der Waals surface area (Å²) in [4.78, 5) is 18.1. The molecule has 1 aliphatic rings. The third-order valence-corrected chi connectivity index (χ3v) is 4.68. The first-order valence-electron chi connectivity index (χ1n) is 8.12. The summed E-state index contributed by atoms with van der Waals surface area (Å²) >= 11 is 0. The highest BCUT2D eigenvalue weighted by Crippen LogP contribution is 2.32. The van der Waals surface area contributed by atoms with E-state index >= 15 is 0 Å². The number of fused-ring (bicyclic) bond motifs is 1. The van der Waals surface area contributed by atoms with E-state index in [-0.39, 0.29) is 30.1 Å². The van der Waals surface area contributed by atoms with Crippen molar-refractivity contribution in [2.75, 3.05) is 0 Å². The monoisotopic (exact) mass is 339 g/mol. The number of amides is 1. The molecule has 1 fully saturated rings. The van der Waals surface area contributed by atoms with Gasteiger partial charge in [-0.05, 0) is 45.2 Å². The number of hydrogen-bond donors (Lipinski definition) is 0. The minimum Gasteiger partial charge on any atom is -0.336 e. The van der Waals surface area contributed by atoms with Gasteiger partial charge in [-0.3, -0.25) is 4.79 Å². The summed E-state index contributed by atoms with van der Waals surface area (Å²) in [5.74, 6) is -1.31. The number of piperidine rings is 1. The highest BCUT2D eigenvalue weighted by atomic mass is 19.4. The Hall–Kier alpha value is -2.05. The average molecular weight is 339 g/mol. The number of likely N-dealkylation sites (tertiary alicyclic amines) is 1. The molecule has 7 heteroatoms. The zero-order valence-corrected chi connectivity index (χ0v) is 13.7. The third-order valence-electron chi connectivity index (χ3n) is 4.68. The molecule has 1 aromatic carbocycles. The Balaban J connectivity index is 1.98. The highest BCUT2D eigenvalue weighted by Gasteiger charge is 2.39. The molecule has 2 aromatic rings. The largest absolute Gasteiger partial charge is 0.449 e. The van der Waals surface area contributed by atoms with Gasteiger partial charge in [-0.2, -0.15) is 13.2 Å². The number of halogens is 3. The first-order chi connectivity index (χ1) is 11.3. The molecule has 4 nitrogen and oxygen atoms in total. The van der Waals surface area contributed by atoms with Crippen LogP contribution in [0.3, 0.4) is 0 Å². The van der Waals surface area contributed by atoms with E-state index in [1.54, 1.807) is 23.1 Å². The fourth-order valence-electron chi connectivity index (χ4n) is 3.58. The Labute approximate surface area is 138 Å². The second-order valence-corrected chi connectivity index (χ2v) is 6.44. The van der Waals surface area contributed by atoms with Gasteiger partial charge in [0.2, 0.25) is 11.7 Å². The summed E-state index contributed by atoms with van der Waals surface area (Å²) in [7, 11) is 0. The number of nitrogens with zero attached hydrogens (tertiary/aromatic N) is 3. The van der Waals surface area contributed by atoms with E-state index in [0.29, 0.717) is 5.52 Å². The zero-order valence-electron chi connectivity index (χ0n) is 13.7. The molecule has 1 aliphatic heterocycles. The molecule has 1 amide bonds. The van der Waals surface area contributed by atoms with Crippen LogP contribution in [0.1, 0.15) is 38.9 Å². The molecule has 130 valence electrons. The molecule has 0 aliphatic carbocycles. The van der Waals surface area contributed by atoms with Crippen LogP contribution in [0, 0.1) is 0 Å². The van der Waals surface area contributed by atoms with Gasteiger partial charge >= 0.3 is 6.18 Å². The summed E-state index contributed by atoms with van der Waals surface area (Å²) in [6, 6.07) is 6.47. The number of para-hydroxylation sites is 2. The van der Waals surface area contributed by atoms with Crippen LogP contribution in [0.4, 0.5) is 13.2 Å². The predicted octanol–water partition coefficient (Wildman–Crippen LogP) is 3.84. The Morgan fingerprint density at radius 2 is 1.83 bits per heavy atom. The van der Waals surface area contributed by atoms with E-state index in [4.69, 9.17) is 0 Å². The van der Waals surface area contributed by atoms with E-state index in [0.717, 1.165) is 23.8 Å². The van der Waals surface area contributed by atoms with Crippen LogP contribution in [-0.2, 0) is 17.5 Å². The molecule has 0 N–H and O–H groups in total. The van der Waals surface area contributed by atoms with Crippen LogP contribution in [0.25, 0.3) is 11.0 Å². The number of benzene rings is 1. The van der Waals surface area contributed by atoms with Gasteiger partial charge in [-0.25, -0.2) is 4.98 Å². The van der Waals surface area contributed by atoms with Crippen LogP contribution >= 0.6 is 0 Å². The lowest BCUT2D eigenvalue weighted by molar-refractivity contribution is -0.148. The normalized spacial score (nSPS) is 22.1. The lowest BCUT2D eigenvalue weighted by atomic mass is 9.97. The molecule has 0 spiro atoms. The smallest absolute Gasteiger partial charge is 0.336 e. The molecule has 0 bridgehead atoms. The second kappa shape index (κ2) is 6.11. The molecule has 2 atom stereocenters. The molecule has 0 saturated carbocycles. The molecule has 0 radical (unpaired) electrons. The number of alkyl halides is 3. The number of imidazole rings is 1. The first-order valence-corrected chi connectivity index (χ1v) is 8.12. The quantitative estimate of drug-likeness (QED) is 0.834. The van der Waals surface area contributed by atoms with Crippen LogP contribution < -0.4 is 0 Å². The van der Waals surface area contributed by atoms with Crippen LogP contribution in [0.2, 0.25) is 0 Å². The van der Waals surface area contributed by atoms with Gasteiger partial charge in [-0.1, -0.05) is 12.1 Å². The Morgan fingerprint density at radius 3 is 2.46 bits per heavy atom. The van der Waals surface area contributed by atoms with Gasteiger partial charge in [0.1, 0.15) is 6.54 Å². The minimum absolute atomic E-state index is 0.0466. The third kappa shape index (κ3) is 2.99. The maximum atomic E-state index is 13.3. The molecule has 3 rings (SSSR count). The molecule has 2 unspecified atom stereocenters. The van der Waals surface area contributed by atoms with Gasteiger partial charge in [0, 0.05) is 12.1 Å². The summed E-state index contributed by atoms with van der Waals surface area (Å²) in [5.41, 5.74) is 0.577. The summed E-state index contributed by atoms with van der Waals surface area (Å²) in [6.07, 6.45) is -1.80. The van der Waals surface area contributed by atoms with Crippen molar-refractivity contribution < 1.29 is 18.0 Å². The Kier molecular flexibility index (Phi) is 4.27. The number of aromatic nitrogens is 2. The minimum atomic E-state index is -4.60. The van der Waals surface area contributed by atoms with Crippen LogP contribution in [-0.4, -0.2) is 32.4 Å². The predicted molar refractivity (Wildman–Crippen MR) is 84.4 cm³/mol. The molecule has 1 aromatic heterocycles. The van der Waals surface area contributed by atoms with Crippen LogP contribution in [0.5, 0.6) is 0 Å². The second-order valence-electron chi connectivity index (χ2n) is 6.44. The maximum Gasteiger partial charge on any atom is 0.449 e. The van der Waals surface area contributed by atoms with E-state index in [1.807, 2.05) is 13.8 Å². The number of carbonyl (C=O) groups is 1. The van der Waals surface area contributed by atoms with E-state index < -0.39 is 12.0 Å². The Bertz CT molecular complexity index is 743. The van der Waals surface area contributed by atoms with Gasteiger partial charge in [0.15, 0.2) is 0 Å². The van der Waals surface area contributed by atoms with Crippen molar-refractivity contribution >= 4 is 16.9 Å². The van der Waals surface area contributed by atoms with Crippen LogP contribution in [0.15, 0.2) is 24.3 Å². The fourth-order valence-corrected chi connectivity index (χ4v) is 3.58. The fraction of sp³-hybridized carbons (Fsp3) is 0.529. The highest BCUT2D eigenvalue weighted by molar-refractivity contribution is 5.81. The average Bonchev–Trinajstić information content (AvgIpc) is 2.86. The van der Waals surface area contributed by atoms with E-state index in [9.17, 15) is 18.0 Å². The summed E-state index contributed by atoms with van der Waals surface area (Å²) < 4.78 is 41.0. The van der Waals surface area contributed by atoms with Crippen molar-refractivity contribution in [1.82, 2.24) is 14.5 Å². The molecule has 2 heterocycles. The topological polar surface area (TPSA) is 38.1 Å². The van der Waals surface area contributed by atoms with Gasteiger partial charge < -0.3 is 9.47 Å². The lowest BCUT2D eigenvalue weighted by Gasteiger charge is -2.39. The Morgan fingerprint density at radius 1 is 1.21 bits per heavy atom. The van der Waals surface area contributed by atoms with Crippen molar-refractivity contribution in [3.05, 3.63) is 30.1 Å². The van der Waals surface area contributed by atoms with Crippen molar-refractivity contribution in [2.45, 2.75) is 57.9 Å². The molecular weight excluding hydrogens is 319 g/mol. The number of carbonyl (C=O) groups excluding carboxylic acids is 1. The molecule has 24 heavy (non-hydrogen) atoms. The van der Waals surface area contributed by atoms with Crippen molar-refractivity contribution in [1.29, 1.82) is 0 Å². The standard InChI is InChI=1S/C17H20F3N3O/c1-11-6-5-7-12(2)23(11)15(24)10-22-14-9-4-3-8-13(14)21-16(22)17(18,19)20/h3-4,8-9,11-12H,5-7,10H2,1-2H3. The molecule has 1 saturated heterocycles. The van der Waals surface area contributed by atoms with Gasteiger partial charge in [0.25, 0.3) is 0 Å². The number of hydrogen-bond acceptors (Lipinski definition) is 2. The SMILES string of the molecule is CC1CCCC(C)N1C(=O)Cn1c(C(F)(F)F)nc2ccccc21. The summed E-state index contributed by atoms with van der Waals surface area (Å²) in [5, 5.41) is 0. The first kappa shape index (κ1) is 16.8. The van der Waals surface area contributed by atoms with E-state index in [2.05, 4.69) is 4.98 Å². The van der Waals surface area contributed by atoms with Gasteiger partial charge in [0.05, 0.1) is 11.0 Å². The lowest BCUT2D eigenvalue weighted by Crippen LogP contribution is -2.48. The van der Waals surface area contributed by atoms with Gasteiger partial charge in [-0.15, -0.1) is 0 Å². The number of rotatable bonds is 2. The maximum absolute atomic E-state index is 13.3. The van der Waals surface area contributed by atoms with Crippen molar-refractivity contribution in [3.63, 3.8) is 0 Å². The van der Waals surface area contributed by atoms with Crippen molar-refractivity contribution in [2.24, 2.45) is 0 Å². The van der Waals surface area contributed by atoms with Crippen molar-refractivity contribution in [3.8, 4) is 0 Å².